The first-order chi connectivity index (χ1) is 25.1. The van der Waals surface area contributed by atoms with Crippen molar-refractivity contribution in [1.82, 2.24) is 10.2 Å². The highest BCUT2D eigenvalue weighted by molar-refractivity contribution is 9.09. The normalized spacial score (nSPS) is 25.7. The van der Waals surface area contributed by atoms with E-state index in [1.54, 1.807) is 58.4 Å². The quantitative estimate of drug-likeness (QED) is 0.0863. The van der Waals surface area contributed by atoms with E-state index in [9.17, 15) is 24.3 Å². The fourth-order valence-corrected chi connectivity index (χ4v) is 8.90. The fraction of sp³-hybridized carbons (Fsp3) is 0.487. The van der Waals surface area contributed by atoms with Crippen LogP contribution in [0.2, 0.25) is 5.02 Å². The highest BCUT2D eigenvalue weighted by Crippen LogP contribution is 2.60. The zero-order chi connectivity index (χ0) is 37.4. The first-order valence-corrected chi connectivity index (χ1v) is 19.0. The number of carbonyl (C=O) groups excluding carboxylic acids is 4. The number of alkyl halides is 1. The Morgan fingerprint density at radius 2 is 1.87 bits per heavy atom. The van der Waals surface area contributed by atoms with Gasteiger partial charge in [0.2, 0.25) is 11.8 Å². The van der Waals surface area contributed by atoms with E-state index < -0.39 is 47.7 Å². The maximum Gasteiger partial charge on any atom is 0.313 e. The number of unbranched alkanes of at least 4 members (excludes halogenated alkanes) is 2. The highest BCUT2D eigenvalue weighted by Gasteiger charge is 2.77. The number of amides is 3. The second-order valence-electron chi connectivity index (χ2n) is 13.4. The summed E-state index contributed by atoms with van der Waals surface area (Å²) in [6.45, 7) is 8.01. The summed E-state index contributed by atoms with van der Waals surface area (Å²) < 4.78 is 18.5. The van der Waals surface area contributed by atoms with Gasteiger partial charge in [-0.1, -0.05) is 70.0 Å². The molecule has 280 valence electrons. The number of aliphatic hydroxyl groups excluding tert-OH is 1. The molecule has 2 N–H and O–H groups in total. The number of methoxy groups -OCH3 is 1. The number of rotatable bonds is 19. The summed E-state index contributed by atoms with van der Waals surface area (Å²) in [6, 6.07) is 14.1. The summed E-state index contributed by atoms with van der Waals surface area (Å²) in [5, 5.41) is 12.9. The molecular formula is C39H47BrClN3O8. The number of ether oxygens (including phenoxy) is 3. The smallest absolute Gasteiger partial charge is 0.313 e. The molecule has 2 aromatic carbocycles. The molecule has 11 nitrogen and oxygen atoms in total. The van der Waals surface area contributed by atoms with Crippen LogP contribution < -0.4 is 10.2 Å². The Labute approximate surface area is 318 Å². The van der Waals surface area contributed by atoms with Crippen molar-refractivity contribution in [3.8, 4) is 0 Å². The third kappa shape index (κ3) is 8.16. The first kappa shape index (κ1) is 39.7. The van der Waals surface area contributed by atoms with Crippen LogP contribution in [-0.2, 0) is 33.4 Å². The Balaban J connectivity index is 1.51. The maximum absolute atomic E-state index is 14.8. The van der Waals surface area contributed by atoms with Crippen molar-refractivity contribution in [3.63, 3.8) is 0 Å². The van der Waals surface area contributed by atoms with Gasteiger partial charge in [-0.2, -0.15) is 0 Å². The number of fused-ring (bicyclic) bond motifs is 1. The molecule has 1 spiro atoms. The summed E-state index contributed by atoms with van der Waals surface area (Å²) >= 11 is 9.91. The minimum atomic E-state index is -1.33. The number of halogens is 2. The van der Waals surface area contributed by atoms with Gasteiger partial charge in [0.15, 0.2) is 0 Å². The number of aliphatic hydroxyl groups is 1. The van der Waals surface area contributed by atoms with Crippen molar-refractivity contribution in [3.05, 3.63) is 90.5 Å². The van der Waals surface area contributed by atoms with Gasteiger partial charge in [-0.3, -0.25) is 19.2 Å². The van der Waals surface area contributed by atoms with Gasteiger partial charge in [-0.05, 0) is 61.9 Å². The van der Waals surface area contributed by atoms with E-state index in [0.29, 0.717) is 48.4 Å². The van der Waals surface area contributed by atoms with Crippen LogP contribution in [0, 0.1) is 11.8 Å². The zero-order valence-electron chi connectivity index (χ0n) is 29.3. The van der Waals surface area contributed by atoms with E-state index in [2.05, 4.69) is 34.4 Å². The number of hydrogen-bond acceptors (Lipinski definition) is 8. The first-order valence-electron chi connectivity index (χ1n) is 17.7. The second kappa shape index (κ2) is 18.0. The van der Waals surface area contributed by atoms with Crippen LogP contribution in [0.1, 0.15) is 50.2 Å². The molecule has 1 unspecified atom stereocenters. The van der Waals surface area contributed by atoms with Gasteiger partial charge >= 0.3 is 5.97 Å². The molecule has 3 heterocycles. The summed E-state index contributed by atoms with van der Waals surface area (Å²) in [4.78, 5) is 59.7. The van der Waals surface area contributed by atoms with Crippen LogP contribution in [0.25, 0.3) is 0 Å². The minimum Gasteiger partial charge on any atom is -0.455 e. The van der Waals surface area contributed by atoms with Gasteiger partial charge < -0.3 is 34.4 Å². The lowest BCUT2D eigenvalue weighted by Crippen LogP contribution is -2.57. The van der Waals surface area contributed by atoms with E-state index in [4.69, 9.17) is 25.8 Å². The van der Waals surface area contributed by atoms with E-state index >= 15 is 0 Å². The van der Waals surface area contributed by atoms with Gasteiger partial charge in [0.1, 0.15) is 17.7 Å². The predicted octanol–water partition coefficient (Wildman–Crippen LogP) is 5.15. The molecule has 0 saturated carbocycles. The van der Waals surface area contributed by atoms with Crippen LogP contribution in [-0.4, -0.2) is 95.7 Å². The molecule has 3 amide bonds. The standard InChI is InChI=1S/C39H47BrClN3O8/c1-4-6-15-30(46)42-29(24-50-3)33(25-13-9-7-10-14-25)51-38(49)31-32-36(47)44(21-11-8-12-22-45)35(39(32)23-28(40)34(31)52-39)37(48)43(20-5-2)27-18-16-26(41)17-19-27/h4-5,7,9-10,13-14,16-19,28-29,31-35,45H,1-2,6,8,11-12,15,20-24H2,3H3,(H,42,46)/t28?,29-,31-,32+,33-,34-,35-,39+/m0/s1. The Bertz CT molecular complexity index is 1600. The second-order valence-corrected chi connectivity index (χ2v) is 15.0. The van der Waals surface area contributed by atoms with Crippen LogP contribution in [0.3, 0.4) is 0 Å². The molecule has 0 aromatic heterocycles. The summed E-state index contributed by atoms with van der Waals surface area (Å²) in [7, 11) is 1.50. The molecule has 13 heteroatoms. The van der Waals surface area contributed by atoms with Crippen LogP contribution in [0.5, 0.6) is 0 Å². The molecule has 3 aliphatic rings. The molecule has 2 bridgehead atoms. The zero-order valence-corrected chi connectivity index (χ0v) is 31.7. The van der Waals surface area contributed by atoms with Crippen LogP contribution >= 0.6 is 27.5 Å². The Morgan fingerprint density at radius 3 is 2.52 bits per heavy atom. The Hall–Kier alpha value is -3.55. The number of allylic oxidation sites excluding steroid dienone is 1. The summed E-state index contributed by atoms with van der Waals surface area (Å²) in [5.41, 5.74) is -0.117. The maximum atomic E-state index is 14.8. The van der Waals surface area contributed by atoms with Crippen molar-refractivity contribution in [2.24, 2.45) is 11.8 Å². The summed E-state index contributed by atoms with van der Waals surface area (Å²) in [6.07, 6.45) is 4.27. The lowest BCUT2D eigenvalue weighted by molar-refractivity contribution is -0.163. The van der Waals surface area contributed by atoms with Gasteiger partial charge in [-0.15, -0.1) is 13.2 Å². The summed E-state index contributed by atoms with van der Waals surface area (Å²) in [5.74, 6) is -3.69. The third-order valence-corrected chi connectivity index (χ3v) is 11.2. The number of likely N-dealkylation sites (tertiary alicyclic amines) is 1. The number of carbonyl (C=O) groups is 4. The molecule has 0 radical (unpaired) electrons. The molecule has 2 aromatic rings. The van der Waals surface area contributed by atoms with Gasteiger partial charge in [-0.25, -0.2) is 0 Å². The largest absolute Gasteiger partial charge is 0.455 e. The van der Waals surface area contributed by atoms with E-state index in [1.807, 2.05) is 18.2 Å². The molecule has 52 heavy (non-hydrogen) atoms. The average Bonchev–Trinajstić information content (AvgIpc) is 3.73. The molecule has 0 aliphatic carbocycles. The number of hydrogen-bond donors (Lipinski definition) is 2. The molecule has 8 atom stereocenters. The average molecular weight is 801 g/mol. The van der Waals surface area contributed by atoms with E-state index in [0.717, 1.165) is 0 Å². The molecule has 5 rings (SSSR count). The number of nitrogens with one attached hydrogen (secondary N) is 1. The predicted molar refractivity (Wildman–Crippen MR) is 201 cm³/mol. The lowest BCUT2D eigenvalue weighted by atomic mass is 9.70. The highest BCUT2D eigenvalue weighted by atomic mass is 79.9. The number of anilines is 1. The lowest BCUT2D eigenvalue weighted by Gasteiger charge is -2.37. The van der Waals surface area contributed by atoms with E-state index in [1.165, 1.54) is 7.11 Å². The van der Waals surface area contributed by atoms with Crippen LogP contribution in [0.15, 0.2) is 79.9 Å². The van der Waals surface area contributed by atoms with E-state index in [-0.39, 0.29) is 55.3 Å². The number of nitrogens with zero attached hydrogens (tertiary/aromatic N) is 2. The topological polar surface area (TPSA) is 135 Å². The van der Waals surface area contributed by atoms with Crippen LogP contribution in [0.4, 0.5) is 5.69 Å². The van der Waals surface area contributed by atoms with Gasteiger partial charge in [0.25, 0.3) is 5.91 Å². The van der Waals surface area contributed by atoms with Gasteiger partial charge in [0.05, 0.1) is 30.6 Å². The van der Waals surface area contributed by atoms with Crippen molar-refractivity contribution in [2.75, 3.05) is 38.3 Å². The number of esters is 1. The monoisotopic (exact) mass is 799 g/mol. The number of benzene rings is 2. The van der Waals surface area contributed by atoms with Gasteiger partial charge in [0, 0.05) is 48.8 Å². The van der Waals surface area contributed by atoms with Crippen molar-refractivity contribution in [2.45, 2.75) is 73.2 Å². The fourth-order valence-electron chi connectivity index (χ4n) is 7.84. The Kier molecular flexibility index (Phi) is 13.7. The van der Waals surface area contributed by atoms with Crippen molar-refractivity contribution >= 4 is 56.9 Å². The minimum absolute atomic E-state index is 0.0118. The molecule has 3 saturated heterocycles. The molecule has 3 aliphatic heterocycles. The Morgan fingerprint density at radius 1 is 1.13 bits per heavy atom. The SMILES string of the molecule is C=CCCC(=O)N[C@@H](COC)[C@@H](OC(=O)[C@@H]1[C@H]2O[C@@]3(CC2Br)[C@H](C(=O)N(CC=C)c2ccc(Cl)cc2)N(CCCCCO)C(=O)[C@@H]13)c1ccccc1. The van der Waals surface area contributed by atoms with Crippen molar-refractivity contribution in [1.29, 1.82) is 0 Å². The molecule has 3 fully saturated rings. The third-order valence-electron chi connectivity index (χ3n) is 10.1. The molecular weight excluding hydrogens is 754 g/mol. The van der Waals surface area contributed by atoms with Crippen molar-refractivity contribution < 1.29 is 38.5 Å².